The van der Waals surface area contributed by atoms with Crippen molar-refractivity contribution in [2.75, 3.05) is 13.7 Å². The monoisotopic (exact) mass is 419 g/mol. The Morgan fingerprint density at radius 1 is 1.35 bits per heavy atom. The lowest BCUT2D eigenvalue weighted by atomic mass is 9.75. The van der Waals surface area contributed by atoms with E-state index in [4.69, 9.17) is 9.47 Å². The fourth-order valence-electron chi connectivity index (χ4n) is 3.66. The molecular weight excluding hydrogens is 398 g/mol. The lowest BCUT2D eigenvalue weighted by molar-refractivity contribution is -0.138. The molecule has 1 aromatic rings. The van der Waals surface area contributed by atoms with Gasteiger partial charge in [-0.25, -0.2) is 4.79 Å². The van der Waals surface area contributed by atoms with Crippen molar-refractivity contribution in [3.05, 3.63) is 50.8 Å². The summed E-state index contributed by atoms with van der Waals surface area (Å²) in [5.74, 6) is -0.0325. The highest BCUT2D eigenvalue weighted by atomic mass is 79.9. The number of carbonyl (C=O) groups excluding carboxylic acids is 2. The Morgan fingerprint density at radius 2 is 2.12 bits per heavy atom. The molecule has 0 fully saturated rings. The molecule has 1 aliphatic carbocycles. The van der Waals surface area contributed by atoms with E-state index in [1.165, 1.54) is 0 Å². The van der Waals surface area contributed by atoms with Crippen molar-refractivity contribution in [2.45, 2.75) is 39.0 Å². The van der Waals surface area contributed by atoms with E-state index >= 15 is 0 Å². The van der Waals surface area contributed by atoms with Crippen LogP contribution in [-0.4, -0.2) is 25.5 Å². The molecule has 1 aromatic carbocycles. The van der Waals surface area contributed by atoms with E-state index in [0.29, 0.717) is 23.3 Å². The van der Waals surface area contributed by atoms with Crippen molar-refractivity contribution in [1.82, 2.24) is 5.32 Å². The Morgan fingerprint density at radius 3 is 2.77 bits per heavy atom. The minimum atomic E-state index is -0.430. The SMILES string of the molecule is CCOC(=O)C1=C(C)NC2=C(C(=O)CCC2)[C@@H]1c1ccc(OC)c(Br)c1. The van der Waals surface area contributed by atoms with Gasteiger partial charge >= 0.3 is 5.97 Å². The van der Waals surface area contributed by atoms with Gasteiger partial charge in [0.1, 0.15) is 5.75 Å². The van der Waals surface area contributed by atoms with Crippen molar-refractivity contribution in [3.8, 4) is 5.75 Å². The molecule has 1 aliphatic heterocycles. The van der Waals surface area contributed by atoms with E-state index in [0.717, 1.165) is 34.3 Å². The fraction of sp³-hybridized carbons (Fsp3) is 0.400. The first kappa shape index (κ1) is 18.7. The fourth-order valence-corrected chi connectivity index (χ4v) is 4.22. The van der Waals surface area contributed by atoms with Gasteiger partial charge in [-0.1, -0.05) is 6.07 Å². The zero-order chi connectivity index (χ0) is 18.8. The van der Waals surface area contributed by atoms with Gasteiger partial charge in [0.15, 0.2) is 5.78 Å². The number of methoxy groups -OCH3 is 1. The maximum atomic E-state index is 12.7. The van der Waals surface area contributed by atoms with Crippen LogP contribution in [0.15, 0.2) is 45.2 Å². The Balaban J connectivity index is 2.17. The minimum Gasteiger partial charge on any atom is -0.496 e. The number of ether oxygens (including phenoxy) is 2. The van der Waals surface area contributed by atoms with Crippen LogP contribution < -0.4 is 10.1 Å². The molecule has 0 bridgehead atoms. The molecule has 0 unspecified atom stereocenters. The maximum absolute atomic E-state index is 12.7. The van der Waals surface area contributed by atoms with Crippen molar-refractivity contribution in [1.29, 1.82) is 0 Å². The topological polar surface area (TPSA) is 64.6 Å². The van der Waals surface area contributed by atoms with Gasteiger partial charge in [0.05, 0.1) is 23.8 Å². The third-order valence-electron chi connectivity index (χ3n) is 4.78. The highest BCUT2D eigenvalue weighted by Gasteiger charge is 2.39. The van der Waals surface area contributed by atoms with Crippen LogP contribution in [0.2, 0.25) is 0 Å². The molecule has 6 heteroatoms. The molecular formula is C20H22BrNO4. The predicted molar refractivity (Wildman–Crippen MR) is 102 cm³/mol. The van der Waals surface area contributed by atoms with Gasteiger partial charge in [-0.2, -0.15) is 0 Å². The smallest absolute Gasteiger partial charge is 0.336 e. The van der Waals surface area contributed by atoms with E-state index in [9.17, 15) is 9.59 Å². The number of halogens is 1. The molecule has 1 atom stereocenters. The van der Waals surface area contributed by atoms with Crippen molar-refractivity contribution >= 4 is 27.7 Å². The quantitative estimate of drug-likeness (QED) is 0.747. The van der Waals surface area contributed by atoms with Crippen LogP contribution in [0, 0.1) is 0 Å². The summed E-state index contributed by atoms with van der Waals surface area (Å²) in [5, 5.41) is 3.28. The van der Waals surface area contributed by atoms with E-state index in [2.05, 4.69) is 21.2 Å². The second-order valence-electron chi connectivity index (χ2n) is 6.38. The highest BCUT2D eigenvalue weighted by Crippen LogP contribution is 2.43. The number of esters is 1. The average Bonchev–Trinajstić information content (AvgIpc) is 2.60. The van der Waals surface area contributed by atoms with E-state index in [1.807, 2.05) is 25.1 Å². The molecule has 1 N–H and O–H groups in total. The maximum Gasteiger partial charge on any atom is 0.336 e. The zero-order valence-electron chi connectivity index (χ0n) is 15.1. The highest BCUT2D eigenvalue weighted by molar-refractivity contribution is 9.10. The Labute approximate surface area is 161 Å². The van der Waals surface area contributed by atoms with E-state index in [1.54, 1.807) is 14.0 Å². The second kappa shape index (κ2) is 7.66. The largest absolute Gasteiger partial charge is 0.496 e. The van der Waals surface area contributed by atoms with Crippen molar-refractivity contribution in [3.63, 3.8) is 0 Å². The molecule has 138 valence electrons. The number of carbonyl (C=O) groups is 2. The Kier molecular flexibility index (Phi) is 5.51. The number of ketones is 1. The van der Waals surface area contributed by atoms with Gasteiger partial charge in [-0.15, -0.1) is 0 Å². The summed E-state index contributed by atoms with van der Waals surface area (Å²) >= 11 is 3.51. The zero-order valence-corrected chi connectivity index (χ0v) is 16.7. The first-order chi connectivity index (χ1) is 12.5. The number of dihydropyridines is 1. The number of hydrogen-bond donors (Lipinski definition) is 1. The summed E-state index contributed by atoms with van der Waals surface area (Å²) in [4.78, 5) is 25.4. The number of benzene rings is 1. The van der Waals surface area contributed by atoms with E-state index in [-0.39, 0.29) is 18.4 Å². The number of rotatable bonds is 4. The summed E-state index contributed by atoms with van der Waals surface area (Å²) in [6.07, 6.45) is 2.14. The van der Waals surface area contributed by atoms with Gasteiger partial charge < -0.3 is 14.8 Å². The minimum absolute atomic E-state index is 0.0880. The third-order valence-corrected chi connectivity index (χ3v) is 5.40. The number of nitrogens with one attached hydrogen (secondary N) is 1. The molecule has 0 saturated heterocycles. The van der Waals surface area contributed by atoms with Gasteiger partial charge in [0.2, 0.25) is 0 Å². The summed E-state index contributed by atoms with van der Waals surface area (Å²) in [7, 11) is 1.60. The molecule has 5 nitrogen and oxygen atoms in total. The van der Waals surface area contributed by atoms with Gasteiger partial charge in [-0.05, 0) is 60.3 Å². The second-order valence-corrected chi connectivity index (χ2v) is 7.23. The van der Waals surface area contributed by atoms with Crippen molar-refractivity contribution in [2.24, 2.45) is 0 Å². The van der Waals surface area contributed by atoms with Crippen LogP contribution in [-0.2, 0) is 14.3 Å². The van der Waals surface area contributed by atoms with Crippen LogP contribution in [0.5, 0.6) is 5.75 Å². The molecule has 0 spiro atoms. The number of hydrogen-bond acceptors (Lipinski definition) is 5. The lowest BCUT2D eigenvalue weighted by Gasteiger charge is -2.34. The molecule has 1 heterocycles. The molecule has 26 heavy (non-hydrogen) atoms. The van der Waals surface area contributed by atoms with Crippen molar-refractivity contribution < 1.29 is 19.1 Å². The Bertz CT molecular complexity index is 825. The molecule has 2 aliphatic rings. The van der Waals surface area contributed by atoms with Crippen LogP contribution in [0.3, 0.4) is 0 Å². The van der Waals surface area contributed by atoms with Crippen LogP contribution in [0.25, 0.3) is 0 Å². The predicted octanol–water partition coefficient (Wildman–Crippen LogP) is 3.99. The molecule has 3 rings (SSSR count). The van der Waals surface area contributed by atoms with Crippen LogP contribution in [0.4, 0.5) is 0 Å². The summed E-state index contributed by atoms with van der Waals surface area (Å²) in [5.41, 5.74) is 3.71. The first-order valence-corrected chi connectivity index (χ1v) is 9.51. The average molecular weight is 420 g/mol. The number of Topliss-reactive ketones (excluding diaryl/α,β-unsaturated/α-hetero) is 1. The van der Waals surface area contributed by atoms with Crippen LogP contribution in [0.1, 0.15) is 44.6 Å². The van der Waals surface area contributed by atoms with Gasteiger partial charge in [-0.3, -0.25) is 4.79 Å². The van der Waals surface area contributed by atoms with Gasteiger partial charge in [0.25, 0.3) is 0 Å². The van der Waals surface area contributed by atoms with E-state index < -0.39 is 5.92 Å². The Hall–Kier alpha value is -2.08. The third kappa shape index (κ3) is 3.30. The summed E-state index contributed by atoms with van der Waals surface area (Å²) in [6.45, 7) is 3.93. The molecule has 0 radical (unpaired) electrons. The number of allylic oxidation sites excluding steroid dienone is 3. The first-order valence-electron chi connectivity index (χ1n) is 8.72. The van der Waals surface area contributed by atoms with Crippen LogP contribution >= 0.6 is 15.9 Å². The summed E-state index contributed by atoms with van der Waals surface area (Å²) < 4.78 is 11.4. The lowest BCUT2D eigenvalue weighted by Crippen LogP contribution is -2.34. The molecule has 0 amide bonds. The molecule has 0 aromatic heterocycles. The molecule has 0 saturated carbocycles. The normalized spacial score (nSPS) is 19.8. The summed E-state index contributed by atoms with van der Waals surface area (Å²) in [6, 6.07) is 5.65. The van der Waals surface area contributed by atoms with Gasteiger partial charge in [0, 0.05) is 29.3 Å². The standard InChI is InChI=1S/C20H22BrNO4/c1-4-26-20(24)17-11(2)22-14-6-5-7-15(23)19(14)18(17)12-8-9-16(25-3)13(21)10-12/h8-10,18,22H,4-7H2,1-3H3/t18-/m1/s1.